The number of carbonyl (C=O) groups is 1. The van der Waals surface area contributed by atoms with Crippen molar-refractivity contribution in [3.8, 4) is 11.5 Å². The van der Waals surface area contributed by atoms with Crippen LogP contribution in [0.15, 0.2) is 35.9 Å². The summed E-state index contributed by atoms with van der Waals surface area (Å²) in [6.45, 7) is 4.01. The van der Waals surface area contributed by atoms with Crippen molar-refractivity contribution in [1.29, 1.82) is 0 Å². The van der Waals surface area contributed by atoms with Crippen molar-refractivity contribution >= 4 is 12.0 Å². The molecule has 0 saturated heterocycles. The summed E-state index contributed by atoms with van der Waals surface area (Å²) in [5.41, 5.74) is 1.57. The first kappa shape index (κ1) is 13.8. The third-order valence-corrected chi connectivity index (χ3v) is 2.35. The SMILES string of the molecule is CC=C(C)COC(=O)/C=C/c1ccc(O)c(O)c1. The van der Waals surface area contributed by atoms with Gasteiger partial charge < -0.3 is 14.9 Å². The molecule has 0 saturated carbocycles. The Morgan fingerprint density at radius 1 is 1.33 bits per heavy atom. The summed E-state index contributed by atoms with van der Waals surface area (Å²) in [5.74, 6) is -0.877. The first-order chi connectivity index (χ1) is 8.52. The summed E-state index contributed by atoms with van der Waals surface area (Å²) in [6.07, 6.45) is 4.65. The molecule has 0 radical (unpaired) electrons. The highest BCUT2D eigenvalue weighted by Gasteiger charge is 2.00. The number of hydrogen-bond acceptors (Lipinski definition) is 4. The van der Waals surface area contributed by atoms with Gasteiger partial charge in [0, 0.05) is 6.08 Å². The molecule has 1 rings (SSSR count). The van der Waals surface area contributed by atoms with Gasteiger partial charge in [-0.2, -0.15) is 0 Å². The molecule has 0 aliphatic carbocycles. The van der Waals surface area contributed by atoms with E-state index in [1.807, 2.05) is 19.9 Å². The van der Waals surface area contributed by atoms with Crippen LogP contribution < -0.4 is 0 Å². The average molecular weight is 248 g/mol. The lowest BCUT2D eigenvalue weighted by Gasteiger charge is -2.01. The Morgan fingerprint density at radius 2 is 2.06 bits per heavy atom. The van der Waals surface area contributed by atoms with E-state index in [-0.39, 0.29) is 18.1 Å². The van der Waals surface area contributed by atoms with Gasteiger partial charge in [-0.05, 0) is 43.2 Å². The Bertz CT molecular complexity index is 487. The fraction of sp³-hybridized carbons (Fsp3) is 0.214. The monoisotopic (exact) mass is 248 g/mol. The molecule has 0 bridgehead atoms. The molecular formula is C14H16O4. The van der Waals surface area contributed by atoms with Gasteiger partial charge in [0.1, 0.15) is 6.61 Å². The second kappa shape index (κ2) is 6.49. The Labute approximate surface area is 106 Å². The Kier molecular flexibility index (Phi) is 4.99. The standard InChI is InChI=1S/C14H16O4/c1-3-10(2)9-18-14(17)7-5-11-4-6-12(15)13(16)8-11/h3-8,15-16H,9H2,1-2H3/b7-5+,10-3?. The number of ether oxygens (including phenoxy) is 1. The van der Waals surface area contributed by atoms with Crippen LogP contribution in [0.2, 0.25) is 0 Å². The minimum Gasteiger partial charge on any atom is -0.504 e. The van der Waals surface area contributed by atoms with E-state index in [2.05, 4.69) is 0 Å². The number of aromatic hydroxyl groups is 2. The zero-order valence-electron chi connectivity index (χ0n) is 10.4. The van der Waals surface area contributed by atoms with Gasteiger partial charge in [0.05, 0.1) is 0 Å². The van der Waals surface area contributed by atoms with Crippen LogP contribution in [0.5, 0.6) is 11.5 Å². The first-order valence-corrected chi connectivity index (χ1v) is 5.51. The highest BCUT2D eigenvalue weighted by atomic mass is 16.5. The van der Waals surface area contributed by atoms with E-state index in [1.165, 1.54) is 24.3 Å². The normalized spacial score (nSPS) is 11.8. The first-order valence-electron chi connectivity index (χ1n) is 5.51. The molecule has 0 atom stereocenters. The quantitative estimate of drug-likeness (QED) is 0.372. The number of hydrogen-bond donors (Lipinski definition) is 2. The van der Waals surface area contributed by atoms with Crippen LogP contribution in [-0.4, -0.2) is 22.8 Å². The van der Waals surface area contributed by atoms with Crippen LogP contribution in [0.1, 0.15) is 19.4 Å². The minimum atomic E-state index is -0.455. The number of esters is 1. The smallest absolute Gasteiger partial charge is 0.331 e. The van der Waals surface area contributed by atoms with E-state index < -0.39 is 5.97 Å². The van der Waals surface area contributed by atoms with Gasteiger partial charge in [0.15, 0.2) is 11.5 Å². The molecule has 0 amide bonds. The lowest BCUT2D eigenvalue weighted by molar-refractivity contribution is -0.136. The highest BCUT2D eigenvalue weighted by molar-refractivity contribution is 5.87. The van der Waals surface area contributed by atoms with Gasteiger partial charge in [0.2, 0.25) is 0 Å². The number of phenols is 2. The maximum atomic E-state index is 11.3. The van der Waals surface area contributed by atoms with Crippen LogP contribution in [0.4, 0.5) is 0 Å². The molecule has 2 N–H and O–H groups in total. The Balaban J connectivity index is 2.58. The molecule has 0 fully saturated rings. The van der Waals surface area contributed by atoms with Gasteiger partial charge in [-0.25, -0.2) is 4.79 Å². The molecule has 1 aromatic rings. The summed E-state index contributed by atoms with van der Waals surface area (Å²) in [6, 6.07) is 4.29. The molecule has 0 aliphatic rings. The molecule has 0 aromatic heterocycles. The number of rotatable bonds is 4. The van der Waals surface area contributed by atoms with Crippen LogP contribution in [0, 0.1) is 0 Å². The van der Waals surface area contributed by atoms with E-state index in [9.17, 15) is 9.90 Å². The van der Waals surface area contributed by atoms with E-state index in [4.69, 9.17) is 9.84 Å². The van der Waals surface area contributed by atoms with Crippen molar-refractivity contribution in [2.75, 3.05) is 6.61 Å². The van der Waals surface area contributed by atoms with Crippen molar-refractivity contribution in [2.45, 2.75) is 13.8 Å². The molecule has 1 aromatic carbocycles. The van der Waals surface area contributed by atoms with E-state index >= 15 is 0 Å². The maximum absolute atomic E-state index is 11.3. The van der Waals surface area contributed by atoms with Crippen LogP contribution in [0.25, 0.3) is 6.08 Å². The molecule has 0 spiro atoms. The summed E-state index contributed by atoms with van der Waals surface area (Å²) >= 11 is 0. The third kappa shape index (κ3) is 4.33. The molecule has 4 nitrogen and oxygen atoms in total. The lowest BCUT2D eigenvalue weighted by atomic mass is 10.2. The van der Waals surface area contributed by atoms with Crippen molar-refractivity contribution in [2.24, 2.45) is 0 Å². The summed E-state index contributed by atoms with van der Waals surface area (Å²) < 4.78 is 4.96. The van der Waals surface area contributed by atoms with E-state index in [0.717, 1.165) is 5.57 Å². The maximum Gasteiger partial charge on any atom is 0.331 e. The van der Waals surface area contributed by atoms with Gasteiger partial charge in [-0.1, -0.05) is 12.1 Å². The van der Waals surface area contributed by atoms with Crippen molar-refractivity contribution < 1.29 is 19.7 Å². The Hall–Kier alpha value is -2.23. The topological polar surface area (TPSA) is 66.8 Å². The second-order valence-corrected chi connectivity index (χ2v) is 3.82. The van der Waals surface area contributed by atoms with E-state index in [1.54, 1.807) is 6.07 Å². The number of allylic oxidation sites excluding steroid dienone is 1. The lowest BCUT2D eigenvalue weighted by Crippen LogP contribution is -2.02. The molecule has 4 heteroatoms. The van der Waals surface area contributed by atoms with Crippen molar-refractivity contribution in [3.63, 3.8) is 0 Å². The Morgan fingerprint density at radius 3 is 2.67 bits per heavy atom. The van der Waals surface area contributed by atoms with Crippen molar-refractivity contribution in [1.82, 2.24) is 0 Å². The molecule has 18 heavy (non-hydrogen) atoms. The van der Waals surface area contributed by atoms with Crippen LogP contribution in [-0.2, 0) is 9.53 Å². The largest absolute Gasteiger partial charge is 0.504 e. The van der Waals surface area contributed by atoms with Crippen LogP contribution in [0.3, 0.4) is 0 Å². The van der Waals surface area contributed by atoms with Gasteiger partial charge in [-0.15, -0.1) is 0 Å². The molecule has 0 heterocycles. The fourth-order valence-corrected chi connectivity index (χ4v) is 1.12. The average Bonchev–Trinajstić information content (AvgIpc) is 2.37. The predicted octanol–water partition coefficient (Wildman–Crippen LogP) is 2.62. The van der Waals surface area contributed by atoms with Gasteiger partial charge >= 0.3 is 5.97 Å². The summed E-state index contributed by atoms with van der Waals surface area (Å²) in [5, 5.41) is 18.4. The number of benzene rings is 1. The van der Waals surface area contributed by atoms with E-state index in [0.29, 0.717) is 5.56 Å². The zero-order chi connectivity index (χ0) is 13.5. The predicted molar refractivity (Wildman–Crippen MR) is 69.2 cm³/mol. The number of phenolic OH excluding ortho intramolecular Hbond substituents is 2. The van der Waals surface area contributed by atoms with Gasteiger partial charge in [0.25, 0.3) is 0 Å². The fourth-order valence-electron chi connectivity index (χ4n) is 1.12. The molecule has 0 aliphatic heterocycles. The second-order valence-electron chi connectivity index (χ2n) is 3.82. The highest BCUT2D eigenvalue weighted by Crippen LogP contribution is 2.25. The molecule has 0 unspecified atom stereocenters. The molecular weight excluding hydrogens is 232 g/mol. The van der Waals surface area contributed by atoms with Crippen molar-refractivity contribution in [3.05, 3.63) is 41.5 Å². The summed E-state index contributed by atoms with van der Waals surface area (Å²) in [7, 11) is 0. The zero-order valence-corrected chi connectivity index (χ0v) is 10.4. The number of carbonyl (C=O) groups excluding carboxylic acids is 1. The third-order valence-electron chi connectivity index (χ3n) is 2.35. The minimum absolute atomic E-state index is 0.196. The summed E-state index contributed by atoms with van der Waals surface area (Å²) in [4.78, 5) is 11.3. The van der Waals surface area contributed by atoms with Crippen LogP contribution >= 0.6 is 0 Å². The molecule has 96 valence electrons. The van der Waals surface area contributed by atoms with Gasteiger partial charge in [-0.3, -0.25) is 0 Å².